The van der Waals surface area contributed by atoms with Crippen LogP contribution < -0.4 is 11.2 Å². The van der Waals surface area contributed by atoms with Gasteiger partial charge in [-0.2, -0.15) is 4.99 Å². The van der Waals surface area contributed by atoms with Gasteiger partial charge in [0.25, 0.3) is 0 Å². The number of pyridine rings is 1. The Kier molecular flexibility index (Phi) is 4.10. The lowest BCUT2D eigenvalue weighted by atomic mass is 10.3. The van der Waals surface area contributed by atoms with Crippen LogP contribution in [0.3, 0.4) is 0 Å². The first kappa shape index (κ1) is 12.3. The fraction of sp³-hybridized carbons (Fsp3) is 0.455. The molecule has 1 aromatic rings. The van der Waals surface area contributed by atoms with Crippen LogP contribution in [0.1, 0.15) is 19.5 Å². The molecule has 16 heavy (non-hydrogen) atoms. The molecular formula is C11H18N4O. The van der Waals surface area contributed by atoms with Gasteiger partial charge in [-0.15, -0.1) is 0 Å². The molecule has 0 aliphatic rings. The molecule has 0 spiro atoms. The van der Waals surface area contributed by atoms with Crippen LogP contribution in [0.2, 0.25) is 0 Å². The zero-order chi connectivity index (χ0) is 12.1. The molecule has 1 heterocycles. The minimum Gasteiger partial charge on any atom is -0.369 e. The van der Waals surface area contributed by atoms with Gasteiger partial charge in [0, 0.05) is 30.9 Å². The summed E-state index contributed by atoms with van der Waals surface area (Å²) >= 11 is 0. The van der Waals surface area contributed by atoms with E-state index >= 15 is 0 Å². The number of aryl methyl sites for hydroxylation is 1. The average Bonchev–Trinajstić information content (AvgIpc) is 2.17. The summed E-state index contributed by atoms with van der Waals surface area (Å²) in [7, 11) is 0. The molecule has 0 aromatic carbocycles. The van der Waals surface area contributed by atoms with Crippen molar-refractivity contribution in [1.29, 1.82) is 0 Å². The Balaban J connectivity index is 3.01. The summed E-state index contributed by atoms with van der Waals surface area (Å²) in [4.78, 5) is 20.4. The second kappa shape index (κ2) is 5.34. The number of aliphatic imine (C=N–C) groups is 1. The van der Waals surface area contributed by atoms with Crippen molar-refractivity contribution in [3.05, 3.63) is 28.0 Å². The summed E-state index contributed by atoms with van der Waals surface area (Å²) in [6, 6.07) is 2.95. The molecular weight excluding hydrogens is 204 g/mol. The molecule has 3 N–H and O–H groups in total. The Morgan fingerprint density at radius 1 is 1.44 bits per heavy atom. The molecule has 5 heteroatoms. The van der Waals surface area contributed by atoms with Crippen molar-refractivity contribution in [3.8, 4) is 0 Å². The summed E-state index contributed by atoms with van der Waals surface area (Å²) in [5.41, 5.74) is 6.53. The maximum atomic E-state index is 11.3. The SMILES string of the molecule is CCN(CC)/C(N)=N/c1cc(=O)cc(C)[nH]1. The second-order valence-electron chi connectivity index (χ2n) is 3.53. The van der Waals surface area contributed by atoms with Crippen LogP contribution in [0.25, 0.3) is 0 Å². The van der Waals surface area contributed by atoms with Gasteiger partial charge in [0.1, 0.15) is 5.82 Å². The minimum absolute atomic E-state index is 0.0673. The summed E-state index contributed by atoms with van der Waals surface area (Å²) in [5, 5.41) is 0. The van der Waals surface area contributed by atoms with Gasteiger partial charge in [0.2, 0.25) is 0 Å². The maximum absolute atomic E-state index is 11.3. The molecule has 0 amide bonds. The largest absolute Gasteiger partial charge is 0.369 e. The van der Waals surface area contributed by atoms with Gasteiger partial charge in [-0.05, 0) is 20.8 Å². The highest BCUT2D eigenvalue weighted by molar-refractivity contribution is 5.80. The predicted octanol–water partition coefficient (Wildman–Crippen LogP) is 0.971. The monoisotopic (exact) mass is 222 g/mol. The number of nitrogens with two attached hydrogens (primary N) is 1. The van der Waals surface area contributed by atoms with E-state index in [0.717, 1.165) is 18.8 Å². The first-order valence-corrected chi connectivity index (χ1v) is 5.36. The molecule has 0 atom stereocenters. The normalized spacial score (nSPS) is 11.6. The third-order valence-corrected chi connectivity index (χ3v) is 2.29. The first-order valence-electron chi connectivity index (χ1n) is 5.36. The Bertz CT molecular complexity index is 432. The summed E-state index contributed by atoms with van der Waals surface area (Å²) in [6.45, 7) is 7.41. The Hall–Kier alpha value is -1.78. The Morgan fingerprint density at radius 3 is 2.56 bits per heavy atom. The molecule has 0 fully saturated rings. The minimum atomic E-state index is -0.0673. The molecule has 1 rings (SSSR count). The molecule has 0 unspecified atom stereocenters. The van der Waals surface area contributed by atoms with Crippen molar-refractivity contribution in [3.63, 3.8) is 0 Å². The van der Waals surface area contributed by atoms with Crippen LogP contribution >= 0.6 is 0 Å². The summed E-state index contributed by atoms with van der Waals surface area (Å²) in [5.74, 6) is 0.917. The van der Waals surface area contributed by atoms with Crippen molar-refractivity contribution < 1.29 is 0 Å². The quantitative estimate of drug-likeness (QED) is 0.591. The van der Waals surface area contributed by atoms with Gasteiger partial charge in [-0.3, -0.25) is 4.79 Å². The van der Waals surface area contributed by atoms with Gasteiger partial charge in [-0.25, -0.2) is 0 Å². The van der Waals surface area contributed by atoms with Gasteiger partial charge in [-0.1, -0.05) is 0 Å². The molecule has 1 aromatic heterocycles. The standard InChI is InChI=1S/C11H18N4O/c1-4-15(5-2)11(12)14-10-7-9(16)6-8(3)13-10/h6-7H,4-5H2,1-3H3,(H3,12,13,14,16). The average molecular weight is 222 g/mol. The maximum Gasteiger partial charge on any atom is 0.197 e. The van der Waals surface area contributed by atoms with Crippen LogP contribution in [-0.4, -0.2) is 28.9 Å². The molecule has 0 aliphatic heterocycles. The third kappa shape index (κ3) is 3.12. The highest BCUT2D eigenvalue weighted by Gasteiger charge is 2.03. The van der Waals surface area contributed by atoms with E-state index in [0.29, 0.717) is 11.8 Å². The lowest BCUT2D eigenvalue weighted by molar-refractivity contribution is 0.460. The number of hydrogen-bond donors (Lipinski definition) is 2. The van der Waals surface area contributed by atoms with E-state index < -0.39 is 0 Å². The van der Waals surface area contributed by atoms with E-state index in [9.17, 15) is 4.79 Å². The van der Waals surface area contributed by atoms with E-state index in [1.807, 2.05) is 25.7 Å². The Morgan fingerprint density at radius 2 is 2.06 bits per heavy atom. The number of hydrogen-bond acceptors (Lipinski definition) is 2. The second-order valence-corrected chi connectivity index (χ2v) is 3.53. The zero-order valence-electron chi connectivity index (χ0n) is 9.95. The van der Waals surface area contributed by atoms with Crippen molar-refractivity contribution in [2.24, 2.45) is 10.7 Å². The van der Waals surface area contributed by atoms with Gasteiger partial charge < -0.3 is 15.6 Å². The number of aromatic amines is 1. The molecule has 0 bridgehead atoms. The van der Waals surface area contributed by atoms with E-state index in [1.165, 1.54) is 12.1 Å². The van der Waals surface area contributed by atoms with E-state index in [-0.39, 0.29) is 5.43 Å². The molecule has 0 aliphatic carbocycles. The summed E-state index contributed by atoms with van der Waals surface area (Å²) in [6.07, 6.45) is 0. The van der Waals surface area contributed by atoms with Crippen molar-refractivity contribution in [1.82, 2.24) is 9.88 Å². The molecule has 5 nitrogen and oxygen atoms in total. The number of H-pyrrole nitrogens is 1. The van der Waals surface area contributed by atoms with E-state index in [2.05, 4.69) is 9.98 Å². The predicted molar refractivity (Wildman–Crippen MR) is 66.0 cm³/mol. The number of guanidine groups is 1. The zero-order valence-corrected chi connectivity index (χ0v) is 9.95. The lowest BCUT2D eigenvalue weighted by Gasteiger charge is -2.19. The van der Waals surface area contributed by atoms with Crippen LogP contribution in [0.5, 0.6) is 0 Å². The molecule has 88 valence electrons. The molecule has 0 saturated heterocycles. The first-order chi connectivity index (χ1) is 7.56. The van der Waals surface area contributed by atoms with E-state index in [4.69, 9.17) is 5.73 Å². The van der Waals surface area contributed by atoms with Crippen LogP contribution in [-0.2, 0) is 0 Å². The fourth-order valence-electron chi connectivity index (χ4n) is 1.47. The summed E-state index contributed by atoms with van der Waals surface area (Å²) < 4.78 is 0. The highest BCUT2D eigenvalue weighted by atomic mass is 16.1. The van der Waals surface area contributed by atoms with Crippen LogP contribution in [0, 0.1) is 6.92 Å². The van der Waals surface area contributed by atoms with Crippen molar-refractivity contribution in [2.75, 3.05) is 13.1 Å². The Labute approximate surface area is 95.0 Å². The smallest absolute Gasteiger partial charge is 0.197 e. The number of rotatable bonds is 3. The van der Waals surface area contributed by atoms with Gasteiger partial charge in [0.15, 0.2) is 11.4 Å². The van der Waals surface area contributed by atoms with Gasteiger partial charge in [0.05, 0.1) is 0 Å². The van der Waals surface area contributed by atoms with Crippen molar-refractivity contribution in [2.45, 2.75) is 20.8 Å². The van der Waals surface area contributed by atoms with Gasteiger partial charge >= 0.3 is 0 Å². The van der Waals surface area contributed by atoms with Crippen LogP contribution in [0.4, 0.5) is 5.82 Å². The molecule has 0 saturated carbocycles. The molecule has 0 radical (unpaired) electrons. The fourth-order valence-corrected chi connectivity index (χ4v) is 1.47. The van der Waals surface area contributed by atoms with Crippen molar-refractivity contribution >= 4 is 11.8 Å². The number of aromatic nitrogens is 1. The topological polar surface area (TPSA) is 74.5 Å². The highest BCUT2D eigenvalue weighted by Crippen LogP contribution is 2.05. The van der Waals surface area contributed by atoms with E-state index in [1.54, 1.807) is 0 Å². The number of nitrogens with one attached hydrogen (secondary N) is 1. The number of nitrogens with zero attached hydrogens (tertiary/aromatic N) is 2. The lowest BCUT2D eigenvalue weighted by Crippen LogP contribution is -2.36. The third-order valence-electron chi connectivity index (χ3n) is 2.29. The van der Waals surface area contributed by atoms with Crippen LogP contribution in [0.15, 0.2) is 21.9 Å².